The Labute approximate surface area is 75.9 Å². The van der Waals surface area contributed by atoms with Crippen LogP contribution in [0.4, 0.5) is 0 Å². The van der Waals surface area contributed by atoms with Crippen LogP contribution in [0.1, 0.15) is 33.6 Å². The first kappa shape index (κ1) is 11.6. The second-order valence-corrected chi connectivity index (χ2v) is 4.64. The van der Waals surface area contributed by atoms with Gasteiger partial charge in [0.1, 0.15) is 0 Å². The molecule has 0 aromatic carbocycles. The van der Waals surface area contributed by atoms with Gasteiger partial charge in [-0.15, -0.1) is 0 Å². The minimum atomic E-state index is -1.70. The number of carbonyl (C=O) groups is 1. The number of hydrogen-bond acceptors (Lipinski definition) is 3. The third kappa shape index (κ3) is 6.36. The van der Waals surface area contributed by atoms with E-state index in [2.05, 4.69) is 0 Å². The standard InChI is InChI=1S/C8H18O3Si/c1-5-6-8(9)11-12(4)10-7(2)3/h7,12H,5-6H2,1-4H3. The van der Waals surface area contributed by atoms with E-state index in [4.69, 9.17) is 8.85 Å². The van der Waals surface area contributed by atoms with Crippen LogP contribution >= 0.6 is 0 Å². The summed E-state index contributed by atoms with van der Waals surface area (Å²) in [5.41, 5.74) is 0. The Morgan fingerprint density at radius 2 is 2.08 bits per heavy atom. The molecule has 0 aromatic heterocycles. The van der Waals surface area contributed by atoms with Crippen molar-refractivity contribution in [2.24, 2.45) is 0 Å². The Morgan fingerprint density at radius 1 is 1.50 bits per heavy atom. The summed E-state index contributed by atoms with van der Waals surface area (Å²) >= 11 is 0. The van der Waals surface area contributed by atoms with Gasteiger partial charge in [-0.2, -0.15) is 0 Å². The Kier molecular flexibility index (Phi) is 6.01. The zero-order valence-electron chi connectivity index (χ0n) is 8.29. The van der Waals surface area contributed by atoms with E-state index in [-0.39, 0.29) is 12.1 Å². The van der Waals surface area contributed by atoms with Crippen LogP contribution < -0.4 is 0 Å². The molecule has 12 heavy (non-hydrogen) atoms. The molecule has 0 aliphatic heterocycles. The summed E-state index contributed by atoms with van der Waals surface area (Å²) in [6.45, 7) is 7.71. The van der Waals surface area contributed by atoms with E-state index >= 15 is 0 Å². The maximum absolute atomic E-state index is 11.0. The highest BCUT2D eigenvalue weighted by Crippen LogP contribution is 1.98. The predicted molar refractivity (Wildman–Crippen MR) is 50.2 cm³/mol. The Hall–Kier alpha value is -0.353. The molecule has 0 N–H and O–H groups in total. The summed E-state index contributed by atoms with van der Waals surface area (Å²) in [5, 5.41) is 0. The third-order valence-electron chi connectivity index (χ3n) is 1.22. The van der Waals surface area contributed by atoms with Gasteiger partial charge in [0.05, 0.1) is 0 Å². The molecular formula is C8H18O3Si. The fraction of sp³-hybridized carbons (Fsp3) is 0.875. The first-order valence-electron chi connectivity index (χ1n) is 4.41. The molecule has 0 aliphatic carbocycles. The summed E-state index contributed by atoms with van der Waals surface area (Å²) < 4.78 is 10.4. The summed E-state index contributed by atoms with van der Waals surface area (Å²) in [5.74, 6) is -0.127. The summed E-state index contributed by atoms with van der Waals surface area (Å²) in [6.07, 6.45) is 1.49. The third-order valence-corrected chi connectivity index (χ3v) is 2.74. The van der Waals surface area contributed by atoms with Crippen LogP contribution in [0.15, 0.2) is 0 Å². The van der Waals surface area contributed by atoms with E-state index in [1.807, 2.05) is 27.3 Å². The zero-order valence-corrected chi connectivity index (χ0v) is 9.45. The van der Waals surface area contributed by atoms with E-state index in [0.717, 1.165) is 6.42 Å². The number of carbonyl (C=O) groups excluding carboxylic acids is 1. The molecule has 0 saturated heterocycles. The van der Waals surface area contributed by atoms with Crippen LogP contribution in [-0.4, -0.2) is 21.4 Å². The molecule has 1 atom stereocenters. The van der Waals surface area contributed by atoms with Gasteiger partial charge in [0.25, 0.3) is 5.97 Å². The predicted octanol–water partition coefficient (Wildman–Crippen LogP) is 1.60. The molecule has 72 valence electrons. The SMILES string of the molecule is CCCC(=O)O[SiH](C)OC(C)C. The molecule has 0 aliphatic rings. The lowest BCUT2D eigenvalue weighted by molar-refractivity contribution is -0.136. The van der Waals surface area contributed by atoms with Crippen molar-refractivity contribution in [3.63, 3.8) is 0 Å². The number of rotatable bonds is 5. The minimum Gasteiger partial charge on any atom is -0.497 e. The highest BCUT2D eigenvalue weighted by atomic mass is 28.3. The maximum Gasteiger partial charge on any atom is 0.382 e. The monoisotopic (exact) mass is 190 g/mol. The molecule has 0 radical (unpaired) electrons. The largest absolute Gasteiger partial charge is 0.497 e. The van der Waals surface area contributed by atoms with Crippen LogP contribution in [0.25, 0.3) is 0 Å². The van der Waals surface area contributed by atoms with Crippen molar-refractivity contribution in [3.05, 3.63) is 0 Å². The van der Waals surface area contributed by atoms with Gasteiger partial charge in [0, 0.05) is 12.5 Å². The zero-order chi connectivity index (χ0) is 9.56. The van der Waals surface area contributed by atoms with Gasteiger partial charge in [-0.05, 0) is 26.8 Å². The molecule has 0 heterocycles. The molecule has 4 heteroatoms. The van der Waals surface area contributed by atoms with E-state index in [0.29, 0.717) is 6.42 Å². The van der Waals surface area contributed by atoms with Crippen molar-refractivity contribution in [2.75, 3.05) is 0 Å². The van der Waals surface area contributed by atoms with Crippen LogP contribution in [0, 0.1) is 0 Å². The van der Waals surface area contributed by atoms with Crippen molar-refractivity contribution in [3.8, 4) is 0 Å². The quantitative estimate of drug-likeness (QED) is 0.618. The second kappa shape index (κ2) is 6.19. The van der Waals surface area contributed by atoms with Crippen molar-refractivity contribution in [1.82, 2.24) is 0 Å². The van der Waals surface area contributed by atoms with E-state index < -0.39 is 9.28 Å². The fourth-order valence-corrected chi connectivity index (χ4v) is 2.17. The maximum atomic E-state index is 11.0. The molecule has 0 saturated carbocycles. The lowest BCUT2D eigenvalue weighted by atomic mass is 10.4. The first-order chi connectivity index (χ1) is 5.56. The fourth-order valence-electron chi connectivity index (χ4n) is 0.859. The molecule has 0 bridgehead atoms. The minimum absolute atomic E-state index is 0.127. The van der Waals surface area contributed by atoms with Gasteiger partial charge < -0.3 is 8.85 Å². The summed E-state index contributed by atoms with van der Waals surface area (Å²) in [7, 11) is -1.70. The Balaban J connectivity index is 3.54. The highest BCUT2D eigenvalue weighted by molar-refractivity contribution is 6.45. The average molecular weight is 190 g/mol. The number of hydrogen-bond donors (Lipinski definition) is 0. The lowest BCUT2D eigenvalue weighted by Crippen LogP contribution is -2.25. The molecule has 3 nitrogen and oxygen atoms in total. The average Bonchev–Trinajstić information content (AvgIpc) is 1.84. The van der Waals surface area contributed by atoms with E-state index in [9.17, 15) is 4.79 Å². The van der Waals surface area contributed by atoms with Gasteiger partial charge in [-0.1, -0.05) is 6.92 Å². The van der Waals surface area contributed by atoms with Gasteiger partial charge in [0.2, 0.25) is 0 Å². The molecule has 0 amide bonds. The van der Waals surface area contributed by atoms with Crippen LogP contribution in [0.2, 0.25) is 6.55 Å². The van der Waals surface area contributed by atoms with Crippen molar-refractivity contribution < 1.29 is 13.6 Å². The molecule has 1 unspecified atom stereocenters. The van der Waals surface area contributed by atoms with Crippen LogP contribution in [0.5, 0.6) is 0 Å². The van der Waals surface area contributed by atoms with Crippen molar-refractivity contribution >= 4 is 15.3 Å². The van der Waals surface area contributed by atoms with Crippen molar-refractivity contribution in [1.29, 1.82) is 0 Å². The second-order valence-electron chi connectivity index (χ2n) is 2.99. The molecular weight excluding hydrogens is 172 g/mol. The van der Waals surface area contributed by atoms with Gasteiger partial charge in [0.15, 0.2) is 0 Å². The lowest BCUT2D eigenvalue weighted by Gasteiger charge is -2.14. The summed E-state index contributed by atoms with van der Waals surface area (Å²) in [6, 6.07) is 0. The first-order valence-corrected chi connectivity index (χ1v) is 6.51. The van der Waals surface area contributed by atoms with E-state index in [1.54, 1.807) is 0 Å². The van der Waals surface area contributed by atoms with E-state index in [1.165, 1.54) is 0 Å². The normalized spacial score (nSPS) is 13.1. The molecule has 0 aromatic rings. The molecule has 0 rings (SSSR count). The highest BCUT2D eigenvalue weighted by Gasteiger charge is 2.12. The van der Waals surface area contributed by atoms with Gasteiger partial charge in [-0.3, -0.25) is 4.79 Å². The van der Waals surface area contributed by atoms with Crippen LogP contribution in [-0.2, 0) is 13.6 Å². The molecule has 0 fully saturated rings. The Bertz CT molecular complexity index is 136. The molecule has 0 spiro atoms. The van der Waals surface area contributed by atoms with Crippen molar-refractivity contribution in [2.45, 2.75) is 46.3 Å². The Morgan fingerprint density at radius 3 is 2.50 bits per heavy atom. The van der Waals surface area contributed by atoms with Gasteiger partial charge >= 0.3 is 9.28 Å². The summed E-state index contributed by atoms with van der Waals surface area (Å²) in [4.78, 5) is 11.0. The van der Waals surface area contributed by atoms with Crippen LogP contribution in [0.3, 0.4) is 0 Å². The van der Waals surface area contributed by atoms with Gasteiger partial charge in [-0.25, -0.2) is 0 Å². The topological polar surface area (TPSA) is 35.5 Å². The smallest absolute Gasteiger partial charge is 0.382 e.